The Balaban J connectivity index is 1.54. The molecule has 9 heteroatoms. The van der Waals surface area contributed by atoms with Gasteiger partial charge >= 0.3 is 0 Å². The van der Waals surface area contributed by atoms with Crippen LogP contribution in [0, 0.1) is 6.92 Å². The van der Waals surface area contributed by atoms with E-state index < -0.39 is 5.25 Å². The third-order valence-corrected chi connectivity index (χ3v) is 7.23. The highest BCUT2D eigenvalue weighted by molar-refractivity contribution is 8.00. The molecular weight excluding hydrogens is 450 g/mol. The van der Waals surface area contributed by atoms with Crippen LogP contribution < -0.4 is 4.90 Å². The fourth-order valence-electron chi connectivity index (χ4n) is 4.24. The van der Waals surface area contributed by atoms with Gasteiger partial charge < -0.3 is 19.3 Å². The number of rotatable bonds is 6. The molecule has 2 aromatic carbocycles. The number of morpholine rings is 2. The summed E-state index contributed by atoms with van der Waals surface area (Å²) < 4.78 is 13.1. The Hall–Kier alpha value is -2.88. The van der Waals surface area contributed by atoms with Crippen molar-refractivity contribution < 1.29 is 14.3 Å². The summed E-state index contributed by atoms with van der Waals surface area (Å²) in [4.78, 5) is 17.8. The normalized spacial score (nSPS) is 17.6. The number of carbonyl (C=O) groups excluding carboxylic acids is 1. The Morgan fingerprint density at radius 1 is 0.912 bits per heavy atom. The van der Waals surface area contributed by atoms with E-state index in [0.717, 1.165) is 35.9 Å². The van der Waals surface area contributed by atoms with Crippen molar-refractivity contribution >= 4 is 23.6 Å². The Kier molecular flexibility index (Phi) is 7.13. The molecule has 2 saturated heterocycles. The zero-order valence-corrected chi connectivity index (χ0v) is 20.1. The lowest BCUT2D eigenvalue weighted by atomic mass is 10.1. The fraction of sp³-hybridized carbons (Fsp3) is 0.400. The van der Waals surface area contributed by atoms with Crippen molar-refractivity contribution in [3.63, 3.8) is 0 Å². The molecule has 1 aromatic heterocycles. The number of nitrogens with zero attached hydrogens (tertiary/aromatic N) is 5. The summed E-state index contributed by atoms with van der Waals surface area (Å²) >= 11 is 1.46. The number of aromatic nitrogens is 3. The number of benzene rings is 2. The summed E-state index contributed by atoms with van der Waals surface area (Å²) in [7, 11) is 0. The zero-order valence-electron chi connectivity index (χ0n) is 19.3. The van der Waals surface area contributed by atoms with E-state index in [1.54, 1.807) is 0 Å². The number of hydrogen-bond donors (Lipinski definition) is 0. The van der Waals surface area contributed by atoms with E-state index in [-0.39, 0.29) is 5.91 Å². The SMILES string of the molecule is Cc1cccc(-n2c(SC(C(=O)N3CCOCC3)c3ccccc3)nnc2N2CCOCC2)c1. The van der Waals surface area contributed by atoms with Crippen LogP contribution in [0.1, 0.15) is 16.4 Å². The van der Waals surface area contributed by atoms with Gasteiger partial charge in [0.05, 0.1) is 32.1 Å². The Bertz CT molecular complexity index is 1110. The zero-order chi connectivity index (χ0) is 23.3. The summed E-state index contributed by atoms with van der Waals surface area (Å²) in [5.41, 5.74) is 3.09. The van der Waals surface area contributed by atoms with Gasteiger partial charge in [0.25, 0.3) is 0 Å². The first-order chi connectivity index (χ1) is 16.7. The van der Waals surface area contributed by atoms with Gasteiger partial charge in [-0.05, 0) is 30.2 Å². The molecule has 0 bridgehead atoms. The highest BCUT2D eigenvalue weighted by atomic mass is 32.2. The van der Waals surface area contributed by atoms with E-state index in [9.17, 15) is 4.79 Å². The van der Waals surface area contributed by atoms with E-state index in [4.69, 9.17) is 9.47 Å². The molecule has 3 heterocycles. The molecule has 0 saturated carbocycles. The molecule has 2 aliphatic rings. The predicted molar refractivity (Wildman–Crippen MR) is 132 cm³/mol. The van der Waals surface area contributed by atoms with Gasteiger partial charge in [0.2, 0.25) is 11.9 Å². The van der Waals surface area contributed by atoms with Crippen molar-refractivity contribution in [3.8, 4) is 5.69 Å². The second-order valence-corrected chi connectivity index (χ2v) is 9.47. The lowest BCUT2D eigenvalue weighted by Crippen LogP contribution is -2.42. The molecule has 0 aliphatic carbocycles. The molecule has 2 fully saturated rings. The molecule has 0 spiro atoms. The molecule has 3 aromatic rings. The van der Waals surface area contributed by atoms with Crippen molar-refractivity contribution in [2.45, 2.75) is 17.3 Å². The summed E-state index contributed by atoms with van der Waals surface area (Å²) in [6.07, 6.45) is 0. The van der Waals surface area contributed by atoms with Crippen LogP contribution in [-0.4, -0.2) is 78.2 Å². The number of amides is 1. The number of carbonyl (C=O) groups is 1. The molecule has 0 radical (unpaired) electrons. The first-order valence-electron chi connectivity index (χ1n) is 11.6. The number of thioether (sulfide) groups is 1. The minimum Gasteiger partial charge on any atom is -0.378 e. The maximum absolute atomic E-state index is 13.7. The molecular formula is C25H29N5O3S. The predicted octanol–water partition coefficient (Wildman–Crippen LogP) is 3.10. The van der Waals surface area contributed by atoms with Gasteiger partial charge in [0.15, 0.2) is 5.16 Å². The van der Waals surface area contributed by atoms with Crippen molar-refractivity contribution in [1.29, 1.82) is 0 Å². The maximum Gasteiger partial charge on any atom is 0.240 e. The van der Waals surface area contributed by atoms with E-state index in [2.05, 4.69) is 44.8 Å². The van der Waals surface area contributed by atoms with E-state index >= 15 is 0 Å². The number of aryl methyl sites for hydroxylation is 1. The van der Waals surface area contributed by atoms with Gasteiger partial charge in [-0.15, -0.1) is 10.2 Å². The average molecular weight is 480 g/mol. The molecule has 1 amide bonds. The van der Waals surface area contributed by atoms with Crippen molar-refractivity contribution in [1.82, 2.24) is 19.7 Å². The first kappa shape index (κ1) is 22.9. The molecule has 5 rings (SSSR count). The van der Waals surface area contributed by atoms with E-state index in [1.165, 1.54) is 11.8 Å². The Labute approximate surface area is 203 Å². The third-order valence-electron chi connectivity index (χ3n) is 6.04. The minimum atomic E-state index is -0.426. The average Bonchev–Trinajstić information content (AvgIpc) is 3.32. The molecule has 1 atom stereocenters. The first-order valence-corrected chi connectivity index (χ1v) is 12.5. The highest BCUT2D eigenvalue weighted by Gasteiger charge is 2.31. The van der Waals surface area contributed by atoms with Crippen LogP contribution in [0.3, 0.4) is 0 Å². The summed E-state index contributed by atoms with van der Waals surface area (Å²) in [5, 5.41) is 9.44. The largest absolute Gasteiger partial charge is 0.378 e. The van der Waals surface area contributed by atoms with Gasteiger partial charge in [-0.25, -0.2) is 0 Å². The van der Waals surface area contributed by atoms with Crippen LogP contribution in [0.4, 0.5) is 5.95 Å². The van der Waals surface area contributed by atoms with Crippen LogP contribution >= 0.6 is 11.8 Å². The molecule has 1 unspecified atom stereocenters. The fourth-order valence-corrected chi connectivity index (χ4v) is 5.38. The monoisotopic (exact) mass is 479 g/mol. The van der Waals surface area contributed by atoms with Gasteiger partial charge in [0.1, 0.15) is 5.25 Å². The Morgan fingerprint density at radius 3 is 2.32 bits per heavy atom. The highest BCUT2D eigenvalue weighted by Crippen LogP contribution is 2.38. The molecule has 2 aliphatic heterocycles. The van der Waals surface area contributed by atoms with Crippen LogP contribution in [0.25, 0.3) is 5.69 Å². The molecule has 0 N–H and O–H groups in total. The number of ether oxygens (including phenoxy) is 2. The van der Waals surface area contributed by atoms with Gasteiger partial charge in [-0.1, -0.05) is 54.2 Å². The maximum atomic E-state index is 13.7. The summed E-state index contributed by atoms with van der Waals surface area (Å²) in [6.45, 7) is 7.24. The van der Waals surface area contributed by atoms with Gasteiger partial charge in [0, 0.05) is 26.2 Å². The van der Waals surface area contributed by atoms with Gasteiger partial charge in [-0.2, -0.15) is 0 Å². The van der Waals surface area contributed by atoms with E-state index in [1.807, 2.05) is 41.3 Å². The number of hydrogen-bond acceptors (Lipinski definition) is 7. The Morgan fingerprint density at radius 2 is 1.62 bits per heavy atom. The lowest BCUT2D eigenvalue weighted by Gasteiger charge is -2.30. The molecule has 34 heavy (non-hydrogen) atoms. The minimum absolute atomic E-state index is 0.0752. The van der Waals surface area contributed by atoms with Crippen molar-refractivity contribution in [3.05, 3.63) is 65.7 Å². The number of anilines is 1. The van der Waals surface area contributed by atoms with Crippen LogP contribution in [-0.2, 0) is 14.3 Å². The van der Waals surface area contributed by atoms with E-state index in [0.29, 0.717) is 44.7 Å². The molecule has 178 valence electrons. The topological polar surface area (TPSA) is 72.7 Å². The smallest absolute Gasteiger partial charge is 0.240 e. The van der Waals surface area contributed by atoms with Crippen LogP contribution in [0.15, 0.2) is 59.8 Å². The standard InChI is InChI=1S/C25H29N5O3S/c1-19-6-5-9-21(18-19)30-24(29-12-16-33-17-13-29)26-27-25(30)34-22(20-7-3-2-4-8-20)23(31)28-10-14-32-15-11-28/h2-9,18,22H,10-17H2,1H3. The summed E-state index contributed by atoms with van der Waals surface area (Å²) in [6, 6.07) is 18.2. The second-order valence-electron chi connectivity index (χ2n) is 8.40. The van der Waals surface area contributed by atoms with Crippen molar-refractivity contribution in [2.75, 3.05) is 57.5 Å². The lowest BCUT2D eigenvalue weighted by molar-refractivity contribution is -0.134. The van der Waals surface area contributed by atoms with Crippen LogP contribution in [0.5, 0.6) is 0 Å². The van der Waals surface area contributed by atoms with Crippen LogP contribution in [0.2, 0.25) is 0 Å². The second kappa shape index (κ2) is 10.6. The van der Waals surface area contributed by atoms with Crippen molar-refractivity contribution in [2.24, 2.45) is 0 Å². The molecule has 8 nitrogen and oxygen atoms in total. The third kappa shape index (κ3) is 4.96. The summed E-state index contributed by atoms with van der Waals surface area (Å²) in [5.74, 6) is 0.855. The quantitative estimate of drug-likeness (QED) is 0.503. The van der Waals surface area contributed by atoms with Gasteiger partial charge in [-0.3, -0.25) is 9.36 Å².